The molecule has 1 aromatic heterocycles. The first-order chi connectivity index (χ1) is 12.2. The van der Waals surface area contributed by atoms with Crippen LogP contribution in [-0.4, -0.2) is 27.3 Å². The molecule has 126 valence electrons. The van der Waals surface area contributed by atoms with Gasteiger partial charge in [-0.25, -0.2) is 4.98 Å². The Kier molecular flexibility index (Phi) is 4.28. The molecule has 0 saturated carbocycles. The molecule has 0 spiro atoms. The molecule has 0 unspecified atom stereocenters. The van der Waals surface area contributed by atoms with Crippen LogP contribution in [-0.2, 0) is 0 Å². The van der Waals surface area contributed by atoms with Gasteiger partial charge in [0.05, 0.1) is 6.61 Å². The molecule has 1 atom stereocenters. The third-order valence-electron chi connectivity index (χ3n) is 4.02. The average Bonchev–Trinajstić information content (AvgIpc) is 3.08. The van der Waals surface area contributed by atoms with E-state index in [1.165, 1.54) is 4.68 Å². The van der Waals surface area contributed by atoms with Crippen molar-refractivity contribution in [1.29, 1.82) is 0 Å². The lowest BCUT2D eigenvalue weighted by Crippen LogP contribution is -2.20. The Labute approximate surface area is 150 Å². The molecule has 0 radical (unpaired) electrons. The number of aromatic nitrogens is 3. The third-order valence-corrected chi connectivity index (χ3v) is 5.21. The highest BCUT2D eigenvalue weighted by atomic mass is 32.2. The Morgan fingerprint density at radius 2 is 1.92 bits per heavy atom. The highest BCUT2D eigenvalue weighted by Crippen LogP contribution is 2.41. The Hall–Kier alpha value is -2.60. The monoisotopic (exact) mass is 351 g/mol. The molecule has 1 aliphatic rings. The van der Waals surface area contributed by atoms with Crippen LogP contribution in [0.2, 0.25) is 0 Å². The predicted octanol–water partition coefficient (Wildman–Crippen LogP) is 4.22. The minimum Gasteiger partial charge on any atom is -0.494 e. The number of ether oxygens (including phenoxy) is 1. The largest absolute Gasteiger partial charge is 0.494 e. The second-order valence-electron chi connectivity index (χ2n) is 5.70. The van der Waals surface area contributed by atoms with E-state index in [1.54, 1.807) is 11.8 Å². The van der Waals surface area contributed by atoms with Gasteiger partial charge in [0, 0.05) is 17.2 Å². The first-order valence-electron chi connectivity index (χ1n) is 8.19. The summed E-state index contributed by atoms with van der Waals surface area (Å²) in [7, 11) is 0. The minimum atomic E-state index is -0.0256. The van der Waals surface area contributed by atoms with Gasteiger partial charge in [0.25, 0.3) is 5.91 Å². The van der Waals surface area contributed by atoms with Crippen molar-refractivity contribution in [2.45, 2.75) is 23.8 Å². The third kappa shape index (κ3) is 3.17. The van der Waals surface area contributed by atoms with Crippen molar-refractivity contribution in [2.75, 3.05) is 6.61 Å². The van der Waals surface area contributed by atoms with E-state index in [0.717, 1.165) is 16.9 Å². The van der Waals surface area contributed by atoms with E-state index in [-0.39, 0.29) is 11.2 Å². The molecule has 0 bridgehead atoms. The SMILES string of the molecule is CCOc1ccc([C@@H]2CC(=O)n3nc(-c4ccccc4)nc3S2)cc1. The number of thioether (sulfide) groups is 1. The maximum atomic E-state index is 12.5. The highest BCUT2D eigenvalue weighted by molar-refractivity contribution is 7.99. The van der Waals surface area contributed by atoms with E-state index in [9.17, 15) is 4.79 Å². The van der Waals surface area contributed by atoms with Gasteiger partial charge >= 0.3 is 0 Å². The molecular weight excluding hydrogens is 334 g/mol. The van der Waals surface area contributed by atoms with Crippen molar-refractivity contribution in [3.05, 3.63) is 60.2 Å². The summed E-state index contributed by atoms with van der Waals surface area (Å²) in [5, 5.41) is 5.08. The molecule has 0 amide bonds. The Bertz CT molecular complexity index is 891. The first-order valence-corrected chi connectivity index (χ1v) is 9.07. The van der Waals surface area contributed by atoms with Crippen LogP contribution in [0.15, 0.2) is 59.8 Å². The molecule has 6 heteroatoms. The van der Waals surface area contributed by atoms with Gasteiger partial charge in [0.1, 0.15) is 5.75 Å². The van der Waals surface area contributed by atoms with E-state index >= 15 is 0 Å². The van der Waals surface area contributed by atoms with Crippen LogP contribution in [0.25, 0.3) is 11.4 Å². The molecule has 2 heterocycles. The second-order valence-corrected chi connectivity index (χ2v) is 6.87. The number of rotatable bonds is 4. The fourth-order valence-corrected chi connectivity index (χ4v) is 3.95. The summed E-state index contributed by atoms with van der Waals surface area (Å²) in [5.74, 6) is 1.40. The minimum absolute atomic E-state index is 0.0256. The quantitative estimate of drug-likeness (QED) is 0.704. The van der Waals surface area contributed by atoms with E-state index in [2.05, 4.69) is 10.1 Å². The fourth-order valence-electron chi connectivity index (χ4n) is 2.79. The summed E-state index contributed by atoms with van der Waals surface area (Å²) >= 11 is 1.58. The van der Waals surface area contributed by atoms with E-state index < -0.39 is 0 Å². The molecule has 0 N–H and O–H groups in total. The number of hydrogen-bond donors (Lipinski definition) is 0. The number of hydrogen-bond acceptors (Lipinski definition) is 5. The molecule has 1 aliphatic heterocycles. The second kappa shape index (κ2) is 6.72. The van der Waals surface area contributed by atoms with E-state index in [4.69, 9.17) is 4.74 Å². The molecular formula is C19H17N3O2S. The van der Waals surface area contributed by atoms with Gasteiger partial charge < -0.3 is 4.74 Å². The van der Waals surface area contributed by atoms with Gasteiger partial charge in [-0.15, -0.1) is 5.10 Å². The summed E-state index contributed by atoms with van der Waals surface area (Å²) in [4.78, 5) is 17.1. The zero-order valence-corrected chi connectivity index (χ0v) is 14.6. The zero-order chi connectivity index (χ0) is 17.2. The summed E-state index contributed by atoms with van der Waals surface area (Å²) in [5.41, 5.74) is 2.01. The Balaban J connectivity index is 1.60. The standard InChI is InChI=1S/C19H17N3O2S/c1-2-24-15-10-8-13(9-11-15)16-12-17(23)22-19(25-16)20-18(21-22)14-6-4-3-5-7-14/h3-11,16H,2,12H2,1H3/t16-/m0/s1. The van der Waals surface area contributed by atoms with Crippen LogP contribution in [0.5, 0.6) is 5.75 Å². The van der Waals surface area contributed by atoms with Crippen LogP contribution < -0.4 is 4.74 Å². The average molecular weight is 351 g/mol. The summed E-state index contributed by atoms with van der Waals surface area (Å²) in [6, 6.07) is 17.6. The van der Waals surface area contributed by atoms with Crippen molar-refractivity contribution < 1.29 is 9.53 Å². The van der Waals surface area contributed by atoms with Crippen molar-refractivity contribution >= 4 is 17.7 Å². The van der Waals surface area contributed by atoms with Crippen LogP contribution in [0.1, 0.15) is 29.0 Å². The molecule has 0 aliphatic carbocycles. The Morgan fingerprint density at radius 1 is 1.16 bits per heavy atom. The Morgan fingerprint density at radius 3 is 2.64 bits per heavy atom. The maximum absolute atomic E-state index is 12.5. The summed E-state index contributed by atoms with van der Waals surface area (Å²) in [6.45, 7) is 2.60. The van der Waals surface area contributed by atoms with Crippen LogP contribution in [0.3, 0.4) is 0 Å². The van der Waals surface area contributed by atoms with Crippen molar-refractivity contribution in [3.63, 3.8) is 0 Å². The smallest absolute Gasteiger partial charge is 0.250 e. The van der Waals surface area contributed by atoms with Crippen LogP contribution in [0, 0.1) is 0 Å². The van der Waals surface area contributed by atoms with Gasteiger partial charge in [0.2, 0.25) is 0 Å². The number of benzene rings is 2. The summed E-state index contributed by atoms with van der Waals surface area (Å²) in [6.07, 6.45) is 0.406. The predicted molar refractivity (Wildman–Crippen MR) is 96.9 cm³/mol. The number of carbonyl (C=O) groups excluding carboxylic acids is 1. The van der Waals surface area contributed by atoms with Crippen molar-refractivity contribution in [2.24, 2.45) is 0 Å². The van der Waals surface area contributed by atoms with Crippen LogP contribution in [0.4, 0.5) is 0 Å². The van der Waals surface area contributed by atoms with Crippen molar-refractivity contribution in [1.82, 2.24) is 14.8 Å². The zero-order valence-electron chi connectivity index (χ0n) is 13.8. The molecule has 25 heavy (non-hydrogen) atoms. The van der Waals surface area contributed by atoms with Gasteiger partial charge in [-0.3, -0.25) is 4.79 Å². The molecule has 4 rings (SSSR count). The van der Waals surface area contributed by atoms with Gasteiger partial charge in [-0.2, -0.15) is 4.68 Å². The number of fused-ring (bicyclic) bond motifs is 1. The molecule has 3 aromatic rings. The van der Waals surface area contributed by atoms with E-state index in [0.29, 0.717) is 24.0 Å². The highest BCUT2D eigenvalue weighted by Gasteiger charge is 2.30. The number of carbonyl (C=O) groups is 1. The van der Waals surface area contributed by atoms with Gasteiger partial charge in [-0.1, -0.05) is 54.2 Å². The molecule has 0 fully saturated rings. The maximum Gasteiger partial charge on any atom is 0.250 e. The van der Waals surface area contributed by atoms with Crippen molar-refractivity contribution in [3.8, 4) is 17.1 Å². The normalized spacial score (nSPS) is 16.5. The topological polar surface area (TPSA) is 57.0 Å². The van der Waals surface area contributed by atoms with Gasteiger partial charge in [-0.05, 0) is 24.6 Å². The fraction of sp³-hybridized carbons (Fsp3) is 0.211. The lowest BCUT2D eigenvalue weighted by molar-refractivity contribution is 0.0868. The molecule has 0 saturated heterocycles. The summed E-state index contributed by atoms with van der Waals surface area (Å²) < 4.78 is 6.91. The lowest BCUT2D eigenvalue weighted by Gasteiger charge is -2.20. The van der Waals surface area contributed by atoms with E-state index in [1.807, 2.05) is 61.5 Å². The number of nitrogens with zero attached hydrogens (tertiary/aromatic N) is 3. The first kappa shape index (κ1) is 15.9. The van der Waals surface area contributed by atoms with Crippen LogP contribution >= 0.6 is 11.8 Å². The lowest BCUT2D eigenvalue weighted by atomic mass is 10.1. The van der Waals surface area contributed by atoms with Gasteiger partial charge in [0.15, 0.2) is 11.0 Å². The molecule has 5 nitrogen and oxygen atoms in total. The molecule has 2 aromatic carbocycles.